The average molecular weight is 332 g/mol. The second kappa shape index (κ2) is 7.24. The van der Waals surface area contributed by atoms with Crippen molar-refractivity contribution in [1.82, 2.24) is 9.80 Å². The van der Waals surface area contributed by atoms with Gasteiger partial charge in [-0.25, -0.2) is 0 Å². The summed E-state index contributed by atoms with van der Waals surface area (Å²) in [5, 5.41) is 0. The predicted octanol–water partition coefficient (Wildman–Crippen LogP) is 3.36. The summed E-state index contributed by atoms with van der Waals surface area (Å²) in [6.45, 7) is 3.83. The van der Waals surface area contributed by atoms with Crippen LogP contribution in [0.1, 0.15) is 23.1 Å². The molecule has 128 valence electrons. The van der Waals surface area contributed by atoms with Crippen LogP contribution < -0.4 is 0 Å². The van der Waals surface area contributed by atoms with Gasteiger partial charge in [0.15, 0.2) is 0 Å². The van der Waals surface area contributed by atoms with E-state index >= 15 is 0 Å². The molecular formula is C22H24N2O. The number of hydrogen-bond donors (Lipinski definition) is 0. The Morgan fingerprint density at radius 2 is 1.72 bits per heavy atom. The molecule has 2 heterocycles. The summed E-state index contributed by atoms with van der Waals surface area (Å²) in [6, 6.07) is 19.2. The van der Waals surface area contributed by atoms with Gasteiger partial charge in [0, 0.05) is 38.3 Å². The molecule has 0 N–H and O–H groups in total. The van der Waals surface area contributed by atoms with E-state index in [1.54, 1.807) is 6.08 Å². The van der Waals surface area contributed by atoms with Crippen LogP contribution >= 0.6 is 0 Å². The first-order valence-corrected chi connectivity index (χ1v) is 9.12. The van der Waals surface area contributed by atoms with E-state index in [0.29, 0.717) is 6.04 Å². The molecule has 0 aromatic heterocycles. The molecule has 3 nitrogen and oxygen atoms in total. The molecular weight excluding hydrogens is 308 g/mol. The van der Waals surface area contributed by atoms with Crippen molar-refractivity contribution in [3.8, 4) is 0 Å². The van der Waals surface area contributed by atoms with Crippen LogP contribution in [-0.4, -0.2) is 41.4 Å². The Balaban J connectivity index is 1.35. The lowest BCUT2D eigenvalue weighted by Crippen LogP contribution is -2.41. The van der Waals surface area contributed by atoms with E-state index in [1.807, 2.05) is 41.3 Å². The number of benzene rings is 2. The van der Waals surface area contributed by atoms with Crippen molar-refractivity contribution in [2.75, 3.05) is 19.6 Å². The highest BCUT2D eigenvalue weighted by molar-refractivity contribution is 5.92. The molecule has 2 aliphatic heterocycles. The van der Waals surface area contributed by atoms with E-state index in [1.165, 1.54) is 11.1 Å². The molecule has 0 bridgehead atoms. The van der Waals surface area contributed by atoms with Crippen LogP contribution in [0.25, 0.3) is 6.08 Å². The second-order valence-corrected chi connectivity index (χ2v) is 6.96. The first kappa shape index (κ1) is 16.1. The molecule has 1 atom stereocenters. The summed E-state index contributed by atoms with van der Waals surface area (Å²) < 4.78 is 0. The maximum atomic E-state index is 12.5. The molecule has 3 heteroatoms. The predicted molar refractivity (Wildman–Crippen MR) is 101 cm³/mol. The fourth-order valence-corrected chi connectivity index (χ4v) is 3.91. The lowest BCUT2D eigenvalue weighted by Gasteiger charge is -2.33. The van der Waals surface area contributed by atoms with Crippen molar-refractivity contribution >= 4 is 12.0 Å². The molecule has 25 heavy (non-hydrogen) atoms. The Bertz CT molecular complexity index is 769. The topological polar surface area (TPSA) is 23.6 Å². The van der Waals surface area contributed by atoms with Gasteiger partial charge in [0.1, 0.15) is 0 Å². The minimum absolute atomic E-state index is 0.128. The third kappa shape index (κ3) is 3.67. The van der Waals surface area contributed by atoms with Crippen LogP contribution in [0.2, 0.25) is 0 Å². The zero-order valence-electron chi connectivity index (χ0n) is 14.5. The maximum absolute atomic E-state index is 12.5. The van der Waals surface area contributed by atoms with Gasteiger partial charge in [-0.1, -0.05) is 54.6 Å². The standard InChI is InChI=1S/C22H24N2O/c25-22(11-10-18-6-2-1-3-7-18)24-15-13-21(17-24)23-14-12-19-8-4-5-9-20(19)16-23/h1-11,21H,12-17H2/b11-10+. The fraction of sp³-hybridized carbons (Fsp3) is 0.318. The first-order chi connectivity index (χ1) is 12.3. The van der Waals surface area contributed by atoms with Crippen LogP contribution in [0.3, 0.4) is 0 Å². The summed E-state index contributed by atoms with van der Waals surface area (Å²) in [5.74, 6) is 0.128. The van der Waals surface area contributed by atoms with Gasteiger partial charge in [-0.15, -0.1) is 0 Å². The number of carbonyl (C=O) groups is 1. The SMILES string of the molecule is O=C(/C=C/c1ccccc1)N1CCC(N2CCc3ccccc3C2)C1. The highest BCUT2D eigenvalue weighted by Gasteiger charge is 2.31. The van der Waals surface area contributed by atoms with Crippen LogP contribution in [0.5, 0.6) is 0 Å². The Labute approximate surface area is 149 Å². The number of nitrogens with zero attached hydrogens (tertiary/aromatic N) is 2. The number of fused-ring (bicyclic) bond motifs is 1. The van der Waals surface area contributed by atoms with E-state index < -0.39 is 0 Å². The Morgan fingerprint density at radius 1 is 0.960 bits per heavy atom. The molecule has 2 aliphatic rings. The van der Waals surface area contributed by atoms with Crippen LogP contribution in [0.15, 0.2) is 60.7 Å². The third-order valence-electron chi connectivity index (χ3n) is 5.37. The van der Waals surface area contributed by atoms with Crippen molar-refractivity contribution in [3.63, 3.8) is 0 Å². The number of carbonyl (C=O) groups excluding carboxylic acids is 1. The van der Waals surface area contributed by atoms with Crippen molar-refractivity contribution in [2.45, 2.75) is 25.4 Å². The third-order valence-corrected chi connectivity index (χ3v) is 5.37. The minimum atomic E-state index is 0.128. The average Bonchev–Trinajstić information content (AvgIpc) is 3.17. The van der Waals surface area contributed by atoms with Gasteiger partial charge in [-0.3, -0.25) is 9.69 Å². The molecule has 1 unspecified atom stereocenters. The highest BCUT2D eigenvalue weighted by atomic mass is 16.2. The summed E-state index contributed by atoms with van der Waals surface area (Å²) in [6.07, 6.45) is 5.82. The molecule has 0 saturated carbocycles. The van der Waals surface area contributed by atoms with E-state index in [4.69, 9.17) is 0 Å². The molecule has 1 fully saturated rings. The molecule has 2 aromatic carbocycles. The van der Waals surface area contributed by atoms with Crippen LogP contribution in [0, 0.1) is 0 Å². The smallest absolute Gasteiger partial charge is 0.246 e. The lowest BCUT2D eigenvalue weighted by atomic mass is 9.98. The van der Waals surface area contributed by atoms with E-state index in [9.17, 15) is 4.79 Å². The molecule has 0 radical (unpaired) electrons. The highest BCUT2D eigenvalue weighted by Crippen LogP contribution is 2.24. The Hall–Kier alpha value is -2.39. The van der Waals surface area contributed by atoms with Gasteiger partial charge in [0.2, 0.25) is 5.91 Å². The molecule has 1 amide bonds. The van der Waals surface area contributed by atoms with Crippen molar-refractivity contribution in [2.24, 2.45) is 0 Å². The van der Waals surface area contributed by atoms with Gasteiger partial charge in [0.05, 0.1) is 0 Å². The van der Waals surface area contributed by atoms with Gasteiger partial charge in [0.25, 0.3) is 0 Å². The summed E-state index contributed by atoms with van der Waals surface area (Å²) >= 11 is 0. The molecule has 2 aromatic rings. The summed E-state index contributed by atoms with van der Waals surface area (Å²) in [5.41, 5.74) is 4.00. The zero-order chi connectivity index (χ0) is 17.1. The number of hydrogen-bond acceptors (Lipinski definition) is 2. The number of likely N-dealkylation sites (tertiary alicyclic amines) is 1. The van der Waals surface area contributed by atoms with Gasteiger partial charge in [-0.2, -0.15) is 0 Å². The molecule has 0 aliphatic carbocycles. The second-order valence-electron chi connectivity index (χ2n) is 6.96. The van der Waals surface area contributed by atoms with Gasteiger partial charge in [-0.05, 0) is 35.6 Å². The lowest BCUT2D eigenvalue weighted by molar-refractivity contribution is -0.125. The zero-order valence-corrected chi connectivity index (χ0v) is 14.5. The maximum Gasteiger partial charge on any atom is 0.246 e. The van der Waals surface area contributed by atoms with E-state index in [2.05, 4.69) is 29.2 Å². The van der Waals surface area contributed by atoms with Crippen LogP contribution in [0.4, 0.5) is 0 Å². The van der Waals surface area contributed by atoms with Crippen molar-refractivity contribution in [1.29, 1.82) is 0 Å². The normalized spacial score (nSPS) is 20.8. The van der Waals surface area contributed by atoms with Crippen LogP contribution in [-0.2, 0) is 17.8 Å². The van der Waals surface area contributed by atoms with E-state index in [-0.39, 0.29) is 5.91 Å². The molecule has 4 rings (SSSR count). The molecule has 0 spiro atoms. The first-order valence-electron chi connectivity index (χ1n) is 9.12. The summed E-state index contributed by atoms with van der Waals surface area (Å²) in [7, 11) is 0. The van der Waals surface area contributed by atoms with Gasteiger partial charge < -0.3 is 4.90 Å². The number of amides is 1. The van der Waals surface area contributed by atoms with Crippen molar-refractivity contribution < 1.29 is 4.79 Å². The fourth-order valence-electron chi connectivity index (χ4n) is 3.91. The minimum Gasteiger partial charge on any atom is -0.338 e. The Morgan fingerprint density at radius 3 is 2.56 bits per heavy atom. The van der Waals surface area contributed by atoms with Gasteiger partial charge >= 0.3 is 0 Å². The Kier molecular flexibility index (Phi) is 4.66. The quantitative estimate of drug-likeness (QED) is 0.805. The number of rotatable bonds is 3. The van der Waals surface area contributed by atoms with Crippen molar-refractivity contribution in [3.05, 3.63) is 77.4 Å². The molecule has 1 saturated heterocycles. The summed E-state index contributed by atoms with van der Waals surface area (Å²) in [4.78, 5) is 17.0. The largest absolute Gasteiger partial charge is 0.338 e. The monoisotopic (exact) mass is 332 g/mol. The van der Waals surface area contributed by atoms with E-state index in [0.717, 1.165) is 44.6 Å².